The zero-order chi connectivity index (χ0) is 15.6. The Hall–Kier alpha value is -2.44. The molecule has 0 saturated carbocycles. The highest BCUT2D eigenvalue weighted by Gasteiger charge is 2.18. The minimum absolute atomic E-state index is 0.212. The Balaban J connectivity index is 1.99. The van der Waals surface area contributed by atoms with Crippen LogP contribution in [0, 0.1) is 25.5 Å². The predicted molar refractivity (Wildman–Crippen MR) is 70.0 cm³/mol. The molecule has 2 aromatic rings. The van der Waals surface area contributed by atoms with Gasteiger partial charge in [-0.15, -0.1) is 0 Å². The van der Waals surface area contributed by atoms with Crippen LogP contribution in [0.5, 0.6) is 5.75 Å². The van der Waals surface area contributed by atoms with Crippen molar-refractivity contribution in [2.75, 3.05) is 6.54 Å². The summed E-state index contributed by atoms with van der Waals surface area (Å²) in [5.74, 6) is -3.10. The number of aromatic hydroxyl groups is 1. The second-order valence-electron chi connectivity index (χ2n) is 4.50. The van der Waals surface area contributed by atoms with Gasteiger partial charge in [-0.1, -0.05) is 0 Å². The van der Waals surface area contributed by atoms with Gasteiger partial charge in [-0.2, -0.15) is 0 Å². The lowest BCUT2D eigenvalue weighted by atomic mass is 10.1. The van der Waals surface area contributed by atoms with E-state index >= 15 is 0 Å². The zero-order valence-electron chi connectivity index (χ0n) is 11.5. The van der Waals surface area contributed by atoms with Crippen LogP contribution in [0.4, 0.5) is 8.78 Å². The number of benzene rings is 1. The summed E-state index contributed by atoms with van der Waals surface area (Å²) in [6.45, 7) is 3.68. The number of oxazole rings is 1. The number of carbonyl (C=O) groups excluding carboxylic acids is 1. The lowest BCUT2D eigenvalue weighted by Crippen LogP contribution is -2.26. The number of hydrogen-bond donors (Lipinski definition) is 2. The Morgan fingerprint density at radius 1 is 1.38 bits per heavy atom. The summed E-state index contributed by atoms with van der Waals surface area (Å²) in [5, 5.41) is 11.6. The Morgan fingerprint density at radius 3 is 2.71 bits per heavy atom. The maximum absolute atomic E-state index is 13.6. The van der Waals surface area contributed by atoms with Crippen LogP contribution in [0.1, 0.15) is 27.7 Å². The van der Waals surface area contributed by atoms with E-state index in [0.717, 1.165) is 12.1 Å². The van der Waals surface area contributed by atoms with Gasteiger partial charge in [-0.3, -0.25) is 4.79 Å². The van der Waals surface area contributed by atoms with Crippen molar-refractivity contribution < 1.29 is 23.1 Å². The average Bonchev–Trinajstić information content (AvgIpc) is 2.74. The number of nitrogens with zero attached hydrogens (tertiary/aromatic N) is 1. The van der Waals surface area contributed by atoms with Gasteiger partial charge in [0.25, 0.3) is 5.91 Å². The van der Waals surface area contributed by atoms with Crippen LogP contribution in [-0.4, -0.2) is 22.5 Å². The molecule has 2 N–H and O–H groups in total. The summed E-state index contributed by atoms with van der Waals surface area (Å²) in [6.07, 6.45) is 0.420. The SMILES string of the molecule is Cc1nc(CCNC(=O)c2ccc(F)c(O)c2F)c(C)o1. The lowest BCUT2D eigenvalue weighted by Gasteiger charge is -2.06. The molecule has 0 aliphatic carbocycles. The Bertz CT molecular complexity index is 683. The van der Waals surface area contributed by atoms with Crippen LogP contribution in [0.25, 0.3) is 0 Å². The topological polar surface area (TPSA) is 75.4 Å². The van der Waals surface area contributed by atoms with Crippen molar-refractivity contribution in [1.29, 1.82) is 0 Å². The number of aromatic nitrogens is 1. The highest BCUT2D eigenvalue weighted by Crippen LogP contribution is 2.22. The smallest absolute Gasteiger partial charge is 0.254 e. The minimum atomic E-state index is -1.28. The van der Waals surface area contributed by atoms with Gasteiger partial charge in [0.05, 0.1) is 11.3 Å². The van der Waals surface area contributed by atoms with Gasteiger partial charge in [0.2, 0.25) is 0 Å². The second kappa shape index (κ2) is 5.90. The standard InChI is InChI=1S/C14H14F2N2O3/c1-7-11(18-8(2)21-7)5-6-17-14(20)9-3-4-10(15)13(19)12(9)16/h3-4,19H,5-6H2,1-2H3,(H,17,20). The molecule has 0 bridgehead atoms. The number of halogens is 2. The molecule has 0 aliphatic rings. The summed E-state index contributed by atoms with van der Waals surface area (Å²) < 4.78 is 31.7. The highest BCUT2D eigenvalue weighted by atomic mass is 19.1. The van der Waals surface area contributed by atoms with Crippen molar-refractivity contribution in [1.82, 2.24) is 10.3 Å². The molecule has 2 rings (SSSR count). The third kappa shape index (κ3) is 3.18. The number of carbonyl (C=O) groups is 1. The largest absolute Gasteiger partial charge is 0.503 e. The van der Waals surface area contributed by atoms with E-state index in [2.05, 4.69) is 10.3 Å². The molecule has 112 valence electrons. The van der Waals surface area contributed by atoms with Crippen molar-refractivity contribution in [3.63, 3.8) is 0 Å². The maximum atomic E-state index is 13.6. The van der Waals surface area contributed by atoms with Crippen LogP contribution in [-0.2, 0) is 6.42 Å². The molecule has 0 fully saturated rings. The van der Waals surface area contributed by atoms with E-state index in [0.29, 0.717) is 23.8 Å². The first-order chi connectivity index (χ1) is 9.90. The van der Waals surface area contributed by atoms with Crippen LogP contribution < -0.4 is 5.32 Å². The van der Waals surface area contributed by atoms with Crippen molar-refractivity contribution >= 4 is 5.91 Å². The Kier molecular flexibility index (Phi) is 4.21. The van der Waals surface area contributed by atoms with Crippen LogP contribution in [0.15, 0.2) is 16.5 Å². The van der Waals surface area contributed by atoms with E-state index in [4.69, 9.17) is 9.52 Å². The molecule has 0 atom stereocenters. The maximum Gasteiger partial charge on any atom is 0.254 e. The molecule has 0 unspecified atom stereocenters. The molecule has 1 aromatic heterocycles. The molecule has 0 saturated heterocycles. The van der Waals surface area contributed by atoms with E-state index in [1.165, 1.54) is 0 Å². The first-order valence-electron chi connectivity index (χ1n) is 6.28. The molecule has 0 aliphatic heterocycles. The summed E-state index contributed by atoms with van der Waals surface area (Å²) >= 11 is 0. The molecular formula is C14H14F2N2O3. The Morgan fingerprint density at radius 2 is 2.10 bits per heavy atom. The minimum Gasteiger partial charge on any atom is -0.503 e. The Labute approximate surface area is 119 Å². The average molecular weight is 296 g/mol. The van der Waals surface area contributed by atoms with Gasteiger partial charge in [0, 0.05) is 19.9 Å². The number of hydrogen-bond acceptors (Lipinski definition) is 4. The van der Waals surface area contributed by atoms with E-state index in [1.807, 2.05) is 0 Å². The molecule has 1 heterocycles. The fraction of sp³-hybridized carbons (Fsp3) is 0.286. The first kappa shape index (κ1) is 15.0. The molecule has 7 heteroatoms. The van der Waals surface area contributed by atoms with Crippen LogP contribution in [0.2, 0.25) is 0 Å². The van der Waals surface area contributed by atoms with Crippen molar-refractivity contribution in [3.05, 3.63) is 46.7 Å². The van der Waals surface area contributed by atoms with E-state index < -0.39 is 28.9 Å². The molecule has 1 amide bonds. The van der Waals surface area contributed by atoms with Gasteiger partial charge in [0.1, 0.15) is 5.76 Å². The molecular weight excluding hydrogens is 282 g/mol. The molecule has 1 aromatic carbocycles. The fourth-order valence-electron chi connectivity index (χ4n) is 1.91. The first-order valence-corrected chi connectivity index (χ1v) is 6.28. The number of amides is 1. The summed E-state index contributed by atoms with van der Waals surface area (Å²) in [5.41, 5.74) is 0.289. The van der Waals surface area contributed by atoms with E-state index in [1.54, 1.807) is 13.8 Å². The second-order valence-corrected chi connectivity index (χ2v) is 4.50. The third-order valence-corrected chi connectivity index (χ3v) is 2.96. The van der Waals surface area contributed by atoms with Crippen molar-refractivity contribution in [2.24, 2.45) is 0 Å². The third-order valence-electron chi connectivity index (χ3n) is 2.96. The monoisotopic (exact) mass is 296 g/mol. The predicted octanol–water partition coefficient (Wildman–Crippen LogP) is 2.25. The highest BCUT2D eigenvalue weighted by molar-refractivity contribution is 5.94. The lowest BCUT2D eigenvalue weighted by molar-refractivity contribution is 0.0949. The normalized spacial score (nSPS) is 10.7. The van der Waals surface area contributed by atoms with E-state index in [-0.39, 0.29) is 6.54 Å². The number of rotatable bonds is 4. The molecule has 0 spiro atoms. The summed E-state index contributed by atoms with van der Waals surface area (Å²) in [7, 11) is 0. The number of phenolic OH excluding ortho intramolecular Hbond substituents is 1. The van der Waals surface area contributed by atoms with Gasteiger partial charge in [0.15, 0.2) is 23.3 Å². The van der Waals surface area contributed by atoms with Crippen molar-refractivity contribution in [2.45, 2.75) is 20.3 Å². The molecule has 0 radical (unpaired) electrons. The molecule has 21 heavy (non-hydrogen) atoms. The zero-order valence-corrected chi connectivity index (χ0v) is 11.5. The van der Waals surface area contributed by atoms with Gasteiger partial charge >= 0.3 is 0 Å². The quantitative estimate of drug-likeness (QED) is 0.907. The van der Waals surface area contributed by atoms with Crippen LogP contribution >= 0.6 is 0 Å². The van der Waals surface area contributed by atoms with E-state index in [9.17, 15) is 13.6 Å². The summed E-state index contributed by atoms with van der Waals surface area (Å²) in [4.78, 5) is 15.9. The van der Waals surface area contributed by atoms with Gasteiger partial charge in [-0.25, -0.2) is 13.8 Å². The van der Waals surface area contributed by atoms with Gasteiger partial charge < -0.3 is 14.8 Å². The summed E-state index contributed by atoms with van der Waals surface area (Å²) in [6, 6.07) is 1.81. The molecule has 5 nitrogen and oxygen atoms in total. The van der Waals surface area contributed by atoms with Gasteiger partial charge in [-0.05, 0) is 19.1 Å². The van der Waals surface area contributed by atoms with Crippen molar-refractivity contribution in [3.8, 4) is 5.75 Å². The number of nitrogens with one attached hydrogen (secondary N) is 1. The fourth-order valence-corrected chi connectivity index (χ4v) is 1.91. The number of phenols is 1. The van der Waals surface area contributed by atoms with Crippen LogP contribution in [0.3, 0.4) is 0 Å². The number of aryl methyl sites for hydroxylation is 2.